The van der Waals surface area contributed by atoms with E-state index < -0.39 is 0 Å². The summed E-state index contributed by atoms with van der Waals surface area (Å²) >= 11 is 0. The lowest BCUT2D eigenvalue weighted by molar-refractivity contribution is -0.928. The second-order valence-corrected chi connectivity index (χ2v) is 7.54. The van der Waals surface area contributed by atoms with Crippen molar-refractivity contribution in [2.75, 3.05) is 26.3 Å². The van der Waals surface area contributed by atoms with Gasteiger partial charge in [-0.25, -0.2) is 4.79 Å². The van der Waals surface area contributed by atoms with Gasteiger partial charge in [0.1, 0.15) is 24.9 Å². The molecule has 0 amide bonds. The fourth-order valence-corrected chi connectivity index (χ4v) is 4.34. The van der Waals surface area contributed by atoms with Crippen molar-refractivity contribution in [3.8, 4) is 0 Å². The van der Waals surface area contributed by atoms with Crippen molar-refractivity contribution in [2.45, 2.75) is 31.7 Å². The van der Waals surface area contributed by atoms with Crippen LogP contribution in [0.2, 0.25) is 0 Å². The fraction of sp³-hybridized carbons (Fsp3) is 0.375. The molecule has 4 rings (SSSR count). The van der Waals surface area contributed by atoms with Crippen LogP contribution in [0.15, 0.2) is 66.2 Å². The van der Waals surface area contributed by atoms with Crippen LogP contribution in [0, 0.1) is 0 Å². The first-order valence-electron chi connectivity index (χ1n) is 10.3. The number of benzene rings is 2. The minimum atomic E-state index is -0.284. The van der Waals surface area contributed by atoms with Crippen LogP contribution in [0.4, 0.5) is 0 Å². The van der Waals surface area contributed by atoms with Gasteiger partial charge < -0.3 is 14.4 Å². The Morgan fingerprint density at radius 1 is 0.893 bits per heavy atom. The van der Waals surface area contributed by atoms with Crippen LogP contribution in [0.1, 0.15) is 41.6 Å². The standard InChI is InChI=1S/C24H27NO3/c26-24(20-11-5-2-6-12-20)28-23(19-9-3-1-4-10-19)21-13-7-8-14-22(21)25-15-17-27-18-16-25/h1-6,9-12,22H,7-8,13-18H2/p+1/t22-/m0/s1. The van der Waals surface area contributed by atoms with Gasteiger partial charge in [0, 0.05) is 17.6 Å². The van der Waals surface area contributed by atoms with E-state index in [2.05, 4.69) is 0 Å². The zero-order valence-electron chi connectivity index (χ0n) is 16.2. The topological polar surface area (TPSA) is 40.0 Å². The lowest BCUT2D eigenvalue weighted by atomic mass is 9.86. The molecule has 0 bridgehead atoms. The number of hydrogen-bond acceptors (Lipinski definition) is 3. The van der Waals surface area contributed by atoms with Gasteiger partial charge in [-0.15, -0.1) is 0 Å². The summed E-state index contributed by atoms with van der Waals surface area (Å²) in [6.07, 6.45) is 4.51. The SMILES string of the molecule is O=C(OC(=C1CCCC[C@@H]1[NH+]1CCOCC1)c1ccccc1)c1ccccc1. The van der Waals surface area contributed by atoms with Gasteiger partial charge in [-0.1, -0.05) is 48.5 Å². The monoisotopic (exact) mass is 378 g/mol. The van der Waals surface area contributed by atoms with Crippen molar-refractivity contribution in [1.29, 1.82) is 0 Å². The molecule has 28 heavy (non-hydrogen) atoms. The van der Waals surface area contributed by atoms with Gasteiger partial charge in [-0.2, -0.15) is 0 Å². The average molecular weight is 378 g/mol. The number of esters is 1. The van der Waals surface area contributed by atoms with Gasteiger partial charge in [-0.05, 0) is 31.4 Å². The Kier molecular flexibility index (Phi) is 6.20. The molecule has 1 aliphatic heterocycles. The summed E-state index contributed by atoms with van der Waals surface area (Å²) < 4.78 is 11.7. The lowest BCUT2D eigenvalue weighted by Crippen LogP contribution is -3.18. The fourth-order valence-electron chi connectivity index (χ4n) is 4.34. The normalized spacial score (nSPS) is 22.5. The van der Waals surface area contributed by atoms with Crippen LogP contribution in [0.5, 0.6) is 0 Å². The van der Waals surface area contributed by atoms with E-state index in [1.165, 1.54) is 12.0 Å². The highest BCUT2D eigenvalue weighted by molar-refractivity contribution is 5.93. The zero-order chi connectivity index (χ0) is 19.2. The molecule has 1 atom stereocenters. The molecule has 146 valence electrons. The van der Waals surface area contributed by atoms with Crippen LogP contribution < -0.4 is 4.90 Å². The quantitative estimate of drug-likeness (QED) is 0.656. The second-order valence-electron chi connectivity index (χ2n) is 7.54. The smallest absolute Gasteiger partial charge is 0.343 e. The van der Waals surface area contributed by atoms with Crippen molar-refractivity contribution >= 4 is 11.7 Å². The molecule has 0 unspecified atom stereocenters. The molecule has 0 aromatic heterocycles. The third-order valence-corrected chi connectivity index (χ3v) is 5.77. The maximum atomic E-state index is 12.9. The van der Waals surface area contributed by atoms with Crippen molar-refractivity contribution in [2.24, 2.45) is 0 Å². The van der Waals surface area contributed by atoms with E-state index in [0.717, 1.165) is 56.9 Å². The molecule has 2 fully saturated rings. The first-order valence-corrected chi connectivity index (χ1v) is 10.3. The van der Waals surface area contributed by atoms with Gasteiger partial charge >= 0.3 is 5.97 Å². The number of carbonyl (C=O) groups excluding carboxylic acids is 1. The molecular formula is C24H28NO3+. The highest BCUT2D eigenvalue weighted by Gasteiger charge is 2.33. The number of ether oxygens (including phenoxy) is 2. The predicted octanol–water partition coefficient (Wildman–Crippen LogP) is 3.11. The van der Waals surface area contributed by atoms with Gasteiger partial charge in [0.2, 0.25) is 0 Å². The van der Waals surface area contributed by atoms with Crippen molar-refractivity contribution in [3.63, 3.8) is 0 Å². The summed E-state index contributed by atoms with van der Waals surface area (Å²) in [7, 11) is 0. The average Bonchev–Trinajstić information content (AvgIpc) is 2.79. The zero-order valence-corrected chi connectivity index (χ0v) is 16.2. The van der Waals surface area contributed by atoms with E-state index in [1.54, 1.807) is 17.0 Å². The number of rotatable bonds is 4. The van der Waals surface area contributed by atoms with Gasteiger partial charge in [-0.3, -0.25) is 0 Å². The van der Waals surface area contributed by atoms with Crippen molar-refractivity contribution in [3.05, 3.63) is 77.4 Å². The third-order valence-electron chi connectivity index (χ3n) is 5.77. The van der Waals surface area contributed by atoms with Gasteiger partial charge in [0.05, 0.1) is 18.8 Å². The maximum absolute atomic E-state index is 12.9. The molecule has 4 nitrogen and oxygen atoms in total. The molecular weight excluding hydrogens is 350 g/mol. The molecule has 2 aliphatic rings. The van der Waals surface area contributed by atoms with E-state index in [4.69, 9.17) is 9.47 Å². The summed E-state index contributed by atoms with van der Waals surface area (Å²) in [5.41, 5.74) is 2.86. The van der Waals surface area contributed by atoms with Crippen LogP contribution >= 0.6 is 0 Å². The highest BCUT2D eigenvalue weighted by atomic mass is 16.5. The molecule has 0 spiro atoms. The van der Waals surface area contributed by atoms with Crippen LogP contribution in [0.3, 0.4) is 0 Å². The van der Waals surface area contributed by atoms with E-state index in [1.807, 2.05) is 48.5 Å². The van der Waals surface area contributed by atoms with E-state index in [9.17, 15) is 4.79 Å². The van der Waals surface area contributed by atoms with Crippen LogP contribution in [-0.4, -0.2) is 38.3 Å². The minimum Gasteiger partial charge on any atom is -0.422 e. The number of quaternary nitrogens is 1. The lowest BCUT2D eigenvalue weighted by Gasteiger charge is -2.36. The van der Waals surface area contributed by atoms with Crippen LogP contribution in [-0.2, 0) is 9.47 Å². The highest BCUT2D eigenvalue weighted by Crippen LogP contribution is 2.31. The molecule has 1 saturated heterocycles. The minimum absolute atomic E-state index is 0.284. The Morgan fingerprint density at radius 2 is 1.54 bits per heavy atom. The van der Waals surface area contributed by atoms with E-state index in [0.29, 0.717) is 11.6 Å². The summed E-state index contributed by atoms with van der Waals surface area (Å²) in [4.78, 5) is 14.4. The Bertz CT molecular complexity index is 810. The Labute approximate surface area is 166 Å². The van der Waals surface area contributed by atoms with Gasteiger partial charge in [0.15, 0.2) is 0 Å². The van der Waals surface area contributed by atoms with E-state index >= 15 is 0 Å². The summed E-state index contributed by atoms with van der Waals surface area (Å²) in [5.74, 6) is 0.478. The summed E-state index contributed by atoms with van der Waals surface area (Å²) in [6.45, 7) is 3.65. The third kappa shape index (κ3) is 4.34. The molecule has 2 aromatic carbocycles. The Morgan fingerprint density at radius 3 is 2.21 bits per heavy atom. The number of nitrogens with one attached hydrogen (secondary N) is 1. The predicted molar refractivity (Wildman–Crippen MR) is 109 cm³/mol. The molecule has 1 N–H and O–H groups in total. The first-order chi connectivity index (χ1) is 13.8. The van der Waals surface area contributed by atoms with Crippen molar-refractivity contribution in [1.82, 2.24) is 0 Å². The Balaban J connectivity index is 1.71. The largest absolute Gasteiger partial charge is 0.422 e. The molecule has 1 heterocycles. The Hall–Kier alpha value is -2.43. The van der Waals surface area contributed by atoms with Crippen molar-refractivity contribution < 1.29 is 19.2 Å². The first kappa shape index (κ1) is 18.9. The summed E-state index contributed by atoms with van der Waals surface area (Å²) in [6, 6.07) is 19.8. The molecule has 1 saturated carbocycles. The molecule has 1 aliphatic carbocycles. The van der Waals surface area contributed by atoms with Gasteiger partial charge in [0.25, 0.3) is 0 Å². The van der Waals surface area contributed by atoms with E-state index in [-0.39, 0.29) is 5.97 Å². The van der Waals surface area contributed by atoms with Crippen LogP contribution in [0.25, 0.3) is 5.76 Å². The molecule has 0 radical (unpaired) electrons. The molecule has 2 aromatic rings. The molecule has 4 heteroatoms. The second kappa shape index (κ2) is 9.18. The number of hydrogen-bond donors (Lipinski definition) is 1. The summed E-state index contributed by atoms with van der Waals surface area (Å²) in [5, 5.41) is 0. The number of morpholine rings is 1. The maximum Gasteiger partial charge on any atom is 0.343 e. The number of carbonyl (C=O) groups is 1.